The lowest BCUT2D eigenvalue weighted by Crippen LogP contribution is -2.29. The van der Waals surface area contributed by atoms with Crippen LogP contribution in [0.3, 0.4) is 0 Å². The number of halogens is 2. The van der Waals surface area contributed by atoms with E-state index in [0.29, 0.717) is 27.0 Å². The number of thioether (sulfide) groups is 1. The van der Waals surface area contributed by atoms with Crippen LogP contribution in [0.5, 0.6) is 17.2 Å². The maximum atomic E-state index is 14.6. The number of carbonyl (C=O) groups is 2. The van der Waals surface area contributed by atoms with Gasteiger partial charge in [-0.2, -0.15) is 0 Å². The Bertz CT molecular complexity index is 1930. The van der Waals surface area contributed by atoms with Crippen molar-refractivity contribution in [2.45, 2.75) is 16.1 Å². The van der Waals surface area contributed by atoms with Crippen molar-refractivity contribution < 1.29 is 33.0 Å². The summed E-state index contributed by atoms with van der Waals surface area (Å²) in [5.74, 6) is -2.43. The third-order valence-corrected chi connectivity index (χ3v) is 9.04. The van der Waals surface area contributed by atoms with E-state index >= 15 is 0 Å². The largest absolute Gasteiger partial charge is 0.507 e. The van der Waals surface area contributed by atoms with Crippen molar-refractivity contribution in [2.24, 2.45) is 0 Å². The molecule has 5 aromatic rings. The van der Waals surface area contributed by atoms with Gasteiger partial charge >= 0.3 is 5.91 Å². The fraction of sp³-hybridized carbons (Fsp3) is 0.0909. The number of aliphatic hydroxyl groups excluding tert-OH is 1. The Morgan fingerprint density at radius 2 is 1.67 bits per heavy atom. The number of Topliss-reactive ketones (excluding diaryl/α,β-unsaturated/α-hetero) is 1. The van der Waals surface area contributed by atoms with Gasteiger partial charge < -0.3 is 14.6 Å². The van der Waals surface area contributed by atoms with E-state index in [1.54, 1.807) is 54.6 Å². The molecule has 4 aromatic carbocycles. The number of benzene rings is 4. The summed E-state index contributed by atoms with van der Waals surface area (Å²) in [4.78, 5) is 28.3. The van der Waals surface area contributed by atoms with Crippen LogP contribution < -0.4 is 14.4 Å². The molecule has 1 aromatic heterocycles. The van der Waals surface area contributed by atoms with Crippen molar-refractivity contribution in [3.63, 3.8) is 0 Å². The first-order valence-corrected chi connectivity index (χ1v) is 15.3. The molecule has 8 nitrogen and oxygen atoms in total. The van der Waals surface area contributed by atoms with Crippen molar-refractivity contribution in [1.82, 2.24) is 10.2 Å². The number of methoxy groups -OCH3 is 1. The van der Waals surface area contributed by atoms with Crippen molar-refractivity contribution in [3.05, 3.63) is 131 Å². The highest BCUT2D eigenvalue weighted by molar-refractivity contribution is 8.00. The van der Waals surface area contributed by atoms with E-state index in [2.05, 4.69) is 10.2 Å². The van der Waals surface area contributed by atoms with Gasteiger partial charge in [-0.1, -0.05) is 71.6 Å². The quantitative estimate of drug-likeness (QED) is 0.0578. The number of aliphatic hydroxyl groups is 1. The number of rotatable bonds is 9. The maximum Gasteiger partial charge on any atom is 0.301 e. The van der Waals surface area contributed by atoms with Gasteiger partial charge in [0.05, 0.1) is 18.7 Å². The number of amides is 1. The van der Waals surface area contributed by atoms with Crippen LogP contribution in [0.25, 0.3) is 5.76 Å². The number of carbonyl (C=O) groups excluding carboxylic acids is 2. The zero-order valence-electron chi connectivity index (χ0n) is 23.5. The zero-order chi connectivity index (χ0) is 31.5. The monoisotopic (exact) mass is 643 g/mol. The van der Waals surface area contributed by atoms with Crippen LogP contribution in [0, 0.1) is 11.6 Å². The average molecular weight is 644 g/mol. The normalized spacial score (nSPS) is 15.8. The number of aromatic nitrogens is 2. The molecule has 0 unspecified atom stereocenters. The summed E-state index contributed by atoms with van der Waals surface area (Å²) in [5, 5.41) is 19.8. The van der Waals surface area contributed by atoms with Crippen LogP contribution in [0.2, 0.25) is 0 Å². The smallest absolute Gasteiger partial charge is 0.301 e. The number of anilines is 1. The van der Waals surface area contributed by atoms with Gasteiger partial charge in [-0.3, -0.25) is 14.5 Å². The van der Waals surface area contributed by atoms with Crippen LogP contribution in [0.4, 0.5) is 13.9 Å². The minimum Gasteiger partial charge on any atom is -0.507 e. The third-order valence-electron chi connectivity index (χ3n) is 6.93. The maximum absolute atomic E-state index is 14.6. The predicted octanol–water partition coefficient (Wildman–Crippen LogP) is 7.54. The standard InChI is InChI=1S/C33H23F2N3O5S2/c1-42-26-15-14-20(17-25(26)35)29(39)27-28(19-9-7-12-23(16-19)43-22-10-3-2-4-11-22)38(31(41)30(27)40)32-36-37-33(45-32)44-18-21-8-5-6-13-24(21)34/h2-17,28,39H,18H2,1H3/t28-/m1/s1. The summed E-state index contributed by atoms with van der Waals surface area (Å²) < 4.78 is 40.2. The van der Waals surface area contributed by atoms with Gasteiger partial charge in [-0.25, -0.2) is 8.78 Å². The van der Waals surface area contributed by atoms with Crippen LogP contribution in [-0.4, -0.2) is 34.1 Å². The van der Waals surface area contributed by atoms with Gasteiger partial charge in [0.25, 0.3) is 5.78 Å². The van der Waals surface area contributed by atoms with Gasteiger partial charge in [0.1, 0.15) is 23.1 Å². The van der Waals surface area contributed by atoms with Crippen molar-refractivity contribution in [1.29, 1.82) is 0 Å². The first-order chi connectivity index (χ1) is 21.8. The molecule has 1 aliphatic rings. The molecule has 1 fully saturated rings. The minimum absolute atomic E-state index is 0.0219. The summed E-state index contributed by atoms with van der Waals surface area (Å²) in [6.45, 7) is 0. The van der Waals surface area contributed by atoms with Crippen LogP contribution in [-0.2, 0) is 15.3 Å². The first kappa shape index (κ1) is 30.0. The van der Waals surface area contributed by atoms with E-state index in [0.717, 1.165) is 22.3 Å². The fourth-order valence-corrected chi connectivity index (χ4v) is 6.65. The van der Waals surface area contributed by atoms with E-state index in [1.165, 1.54) is 37.1 Å². The SMILES string of the molecule is COc1ccc(C(O)=C2C(=O)C(=O)N(c3nnc(SCc4ccccc4F)s3)[C@@H]2c2cccc(Oc3ccccc3)c2)cc1F. The molecule has 1 amide bonds. The highest BCUT2D eigenvalue weighted by Gasteiger charge is 2.48. The molecule has 0 saturated carbocycles. The molecule has 12 heteroatoms. The Kier molecular flexibility index (Phi) is 8.58. The molecule has 1 saturated heterocycles. The molecule has 45 heavy (non-hydrogen) atoms. The van der Waals surface area contributed by atoms with Crippen LogP contribution in [0.1, 0.15) is 22.7 Å². The van der Waals surface area contributed by atoms with Gasteiger partial charge in [0, 0.05) is 11.3 Å². The molecule has 0 bridgehead atoms. The van der Waals surface area contributed by atoms with E-state index in [1.807, 2.05) is 18.2 Å². The predicted molar refractivity (Wildman–Crippen MR) is 167 cm³/mol. The fourth-order valence-electron chi connectivity index (χ4n) is 4.80. The lowest BCUT2D eigenvalue weighted by Gasteiger charge is -2.23. The number of hydrogen-bond donors (Lipinski definition) is 1. The molecule has 1 atom stereocenters. The molecule has 2 heterocycles. The van der Waals surface area contributed by atoms with E-state index in [-0.39, 0.29) is 33.6 Å². The highest BCUT2D eigenvalue weighted by Crippen LogP contribution is 2.45. The second kappa shape index (κ2) is 12.9. The lowest BCUT2D eigenvalue weighted by molar-refractivity contribution is -0.132. The Hall–Kier alpha value is -5.07. The number of nitrogens with zero attached hydrogens (tertiary/aromatic N) is 3. The van der Waals surface area contributed by atoms with Gasteiger partial charge in [-0.05, 0) is 59.7 Å². The topological polar surface area (TPSA) is 102 Å². The van der Waals surface area contributed by atoms with Crippen LogP contribution in [0.15, 0.2) is 107 Å². The van der Waals surface area contributed by atoms with Crippen molar-refractivity contribution >= 4 is 45.7 Å². The summed E-state index contributed by atoms with van der Waals surface area (Å²) in [6.07, 6.45) is 0. The van der Waals surface area contributed by atoms with Crippen LogP contribution >= 0.6 is 23.1 Å². The number of para-hydroxylation sites is 1. The molecular formula is C33H23F2N3O5S2. The third kappa shape index (κ3) is 6.15. The second-order valence-electron chi connectivity index (χ2n) is 9.74. The molecule has 226 valence electrons. The average Bonchev–Trinajstić information content (AvgIpc) is 3.62. The Morgan fingerprint density at radius 1 is 0.911 bits per heavy atom. The Labute approximate surface area is 264 Å². The molecule has 1 N–H and O–H groups in total. The number of ether oxygens (including phenoxy) is 2. The Morgan fingerprint density at radius 3 is 2.42 bits per heavy atom. The molecular weight excluding hydrogens is 621 g/mol. The second-order valence-corrected chi connectivity index (χ2v) is 11.9. The van der Waals surface area contributed by atoms with E-state index < -0.39 is 29.3 Å². The van der Waals surface area contributed by atoms with Crippen molar-refractivity contribution in [2.75, 3.05) is 12.0 Å². The highest BCUT2D eigenvalue weighted by atomic mass is 32.2. The number of hydrogen-bond acceptors (Lipinski definition) is 9. The molecule has 0 aliphatic carbocycles. The molecule has 0 radical (unpaired) electrons. The summed E-state index contributed by atoms with van der Waals surface area (Å²) in [7, 11) is 1.30. The first-order valence-electron chi connectivity index (χ1n) is 13.5. The molecule has 1 aliphatic heterocycles. The van der Waals surface area contributed by atoms with E-state index in [9.17, 15) is 23.5 Å². The lowest BCUT2D eigenvalue weighted by atomic mass is 9.95. The summed E-state index contributed by atoms with van der Waals surface area (Å²) in [6, 6.07) is 24.7. The molecule has 6 rings (SSSR count). The minimum atomic E-state index is -1.16. The zero-order valence-corrected chi connectivity index (χ0v) is 25.1. The summed E-state index contributed by atoms with van der Waals surface area (Å²) in [5.41, 5.74) is 0.610. The molecule has 0 spiro atoms. The van der Waals surface area contributed by atoms with Gasteiger partial charge in [0.15, 0.2) is 15.9 Å². The van der Waals surface area contributed by atoms with Gasteiger partial charge in [0.2, 0.25) is 5.13 Å². The Balaban J connectivity index is 1.41. The van der Waals surface area contributed by atoms with E-state index in [4.69, 9.17) is 9.47 Å². The van der Waals surface area contributed by atoms with Gasteiger partial charge in [-0.15, -0.1) is 10.2 Å². The summed E-state index contributed by atoms with van der Waals surface area (Å²) >= 11 is 2.27. The number of ketones is 1. The van der Waals surface area contributed by atoms with Crippen molar-refractivity contribution in [3.8, 4) is 17.2 Å².